The van der Waals surface area contributed by atoms with Gasteiger partial charge in [0.15, 0.2) is 0 Å². The zero-order valence-corrected chi connectivity index (χ0v) is 15.6. The molecule has 0 unspecified atom stereocenters. The molecule has 0 rings (SSSR count). The lowest BCUT2D eigenvalue weighted by atomic mass is 10.2. The Morgan fingerprint density at radius 1 is 0.957 bits per heavy atom. The minimum absolute atomic E-state index is 0.237. The molecule has 0 amide bonds. The van der Waals surface area contributed by atoms with Crippen molar-refractivity contribution in [2.75, 3.05) is 13.2 Å². The normalized spacial score (nSPS) is 9.65. The molecule has 23 heavy (non-hydrogen) atoms. The van der Waals surface area contributed by atoms with Crippen molar-refractivity contribution in [3.8, 4) is 0 Å². The van der Waals surface area contributed by atoms with Crippen LogP contribution in [0.15, 0.2) is 24.3 Å². The van der Waals surface area contributed by atoms with Crippen molar-refractivity contribution < 1.29 is 19.1 Å². The average molecular weight is 326 g/mol. The maximum absolute atomic E-state index is 11.1. The van der Waals surface area contributed by atoms with Crippen molar-refractivity contribution in [2.24, 2.45) is 5.92 Å². The van der Waals surface area contributed by atoms with Crippen LogP contribution in [-0.2, 0) is 19.1 Å². The highest BCUT2D eigenvalue weighted by molar-refractivity contribution is 5.87. The van der Waals surface area contributed by atoms with Crippen LogP contribution in [0.3, 0.4) is 0 Å². The van der Waals surface area contributed by atoms with Crippen LogP contribution in [0.5, 0.6) is 0 Å². The van der Waals surface area contributed by atoms with Crippen LogP contribution in [0.4, 0.5) is 0 Å². The molecule has 134 valence electrons. The van der Waals surface area contributed by atoms with E-state index in [2.05, 4.69) is 20.1 Å². The summed E-state index contributed by atoms with van der Waals surface area (Å²) in [6.45, 7) is 17.8. The molecule has 0 fully saturated rings. The highest BCUT2D eigenvalue weighted by Gasteiger charge is 2.04. The molecule has 0 N–H and O–H groups in total. The Morgan fingerprint density at radius 2 is 1.57 bits per heavy atom. The van der Waals surface area contributed by atoms with Gasteiger partial charge in [0.1, 0.15) is 0 Å². The molecule has 4 nitrogen and oxygen atoms in total. The number of hydrogen-bond donors (Lipinski definition) is 0. The first-order chi connectivity index (χ1) is 10.8. The second-order valence-electron chi connectivity index (χ2n) is 5.93. The third kappa shape index (κ3) is 16.6. The lowest BCUT2D eigenvalue weighted by Gasteiger charge is -2.05. The maximum atomic E-state index is 11.1. The summed E-state index contributed by atoms with van der Waals surface area (Å²) in [6, 6.07) is 0. The molecular formula is C19H34O4. The topological polar surface area (TPSA) is 52.6 Å². The Kier molecular flexibility index (Phi) is 15.8. The fourth-order valence-electron chi connectivity index (χ4n) is 1.31. The lowest BCUT2D eigenvalue weighted by molar-refractivity contribution is -0.140. The molecule has 0 aliphatic carbocycles. The van der Waals surface area contributed by atoms with Gasteiger partial charge in [0.2, 0.25) is 0 Å². The van der Waals surface area contributed by atoms with Gasteiger partial charge in [0, 0.05) is 11.1 Å². The summed E-state index contributed by atoms with van der Waals surface area (Å²) in [5.41, 5.74) is 1.02. The van der Waals surface area contributed by atoms with Crippen LogP contribution in [-0.4, -0.2) is 25.2 Å². The highest BCUT2D eigenvalue weighted by Crippen LogP contribution is 2.03. The van der Waals surface area contributed by atoms with Gasteiger partial charge in [-0.2, -0.15) is 0 Å². The maximum Gasteiger partial charge on any atom is 0.333 e. The number of carbonyl (C=O) groups excluding carboxylic acids is 2. The Hall–Kier alpha value is -1.58. The molecule has 0 radical (unpaired) electrons. The van der Waals surface area contributed by atoms with Crippen LogP contribution in [0.25, 0.3) is 0 Å². The third-order valence-corrected chi connectivity index (χ3v) is 2.84. The first-order valence-electron chi connectivity index (χ1n) is 8.43. The molecule has 0 aliphatic rings. The molecule has 0 aromatic carbocycles. The van der Waals surface area contributed by atoms with Crippen LogP contribution in [0, 0.1) is 5.92 Å². The summed E-state index contributed by atoms with van der Waals surface area (Å²) in [6.07, 6.45) is 5.20. The van der Waals surface area contributed by atoms with E-state index in [0.717, 1.165) is 12.8 Å². The number of carbonyl (C=O) groups is 2. The average Bonchev–Trinajstić information content (AvgIpc) is 2.51. The fourth-order valence-corrected chi connectivity index (χ4v) is 1.31. The highest BCUT2D eigenvalue weighted by atomic mass is 16.5. The third-order valence-electron chi connectivity index (χ3n) is 2.84. The standard InChI is InChI=1S/C11H20O2.C8H14O2/c1-4-6-7-8-9-13-11(12)10(3)5-2;1-6(2)5-10-8(9)7(3)4/h3-9H2,1-2H3;6H,3,5H2,1-2,4H3. The van der Waals surface area contributed by atoms with Crippen LogP contribution in [0.1, 0.15) is 66.7 Å². The van der Waals surface area contributed by atoms with E-state index in [9.17, 15) is 9.59 Å². The van der Waals surface area contributed by atoms with Crippen LogP contribution in [0.2, 0.25) is 0 Å². The fraction of sp³-hybridized carbons (Fsp3) is 0.684. The van der Waals surface area contributed by atoms with E-state index >= 15 is 0 Å². The Morgan fingerprint density at radius 3 is 2.00 bits per heavy atom. The SMILES string of the molecule is C=C(C)C(=O)OCC(C)C.C=C(CC)C(=O)OCCCCCC. The zero-order chi connectivity index (χ0) is 18.3. The number of hydrogen-bond acceptors (Lipinski definition) is 4. The molecule has 0 saturated heterocycles. The van der Waals surface area contributed by atoms with Gasteiger partial charge in [-0.3, -0.25) is 0 Å². The van der Waals surface area contributed by atoms with Crippen molar-refractivity contribution in [1.29, 1.82) is 0 Å². The molecule has 0 aliphatic heterocycles. The van der Waals surface area contributed by atoms with Crippen LogP contribution >= 0.6 is 0 Å². The van der Waals surface area contributed by atoms with Gasteiger partial charge >= 0.3 is 11.9 Å². The molecule has 4 heteroatoms. The molecule has 0 aromatic rings. The number of ether oxygens (including phenoxy) is 2. The second kappa shape index (κ2) is 15.3. The summed E-state index contributed by atoms with van der Waals surface area (Å²) >= 11 is 0. The van der Waals surface area contributed by atoms with Gasteiger partial charge in [-0.05, 0) is 25.7 Å². The smallest absolute Gasteiger partial charge is 0.333 e. The quantitative estimate of drug-likeness (QED) is 0.327. The van der Waals surface area contributed by atoms with Gasteiger partial charge in [-0.25, -0.2) is 9.59 Å². The van der Waals surface area contributed by atoms with Crippen molar-refractivity contribution in [3.05, 3.63) is 24.3 Å². The summed E-state index contributed by atoms with van der Waals surface area (Å²) < 4.78 is 9.83. The van der Waals surface area contributed by atoms with Gasteiger partial charge < -0.3 is 9.47 Å². The Labute approximate surface area is 141 Å². The van der Waals surface area contributed by atoms with E-state index in [1.807, 2.05) is 20.8 Å². The minimum atomic E-state index is -0.297. The summed E-state index contributed by atoms with van der Waals surface area (Å²) in [5, 5.41) is 0. The predicted octanol–water partition coefficient (Wildman–Crippen LogP) is 4.84. The molecule has 0 saturated carbocycles. The monoisotopic (exact) mass is 326 g/mol. The number of esters is 2. The van der Waals surface area contributed by atoms with Gasteiger partial charge in [-0.15, -0.1) is 0 Å². The molecular weight excluding hydrogens is 292 g/mol. The van der Waals surface area contributed by atoms with Gasteiger partial charge in [0.05, 0.1) is 13.2 Å². The molecule has 0 atom stereocenters. The number of unbranched alkanes of at least 4 members (excludes halogenated alkanes) is 3. The summed E-state index contributed by atoms with van der Waals surface area (Å²) in [4.78, 5) is 21.8. The summed E-state index contributed by atoms with van der Waals surface area (Å²) in [5.74, 6) is -0.143. The van der Waals surface area contributed by atoms with Crippen molar-refractivity contribution in [3.63, 3.8) is 0 Å². The van der Waals surface area contributed by atoms with E-state index in [0.29, 0.717) is 36.7 Å². The predicted molar refractivity (Wildman–Crippen MR) is 95.1 cm³/mol. The van der Waals surface area contributed by atoms with Crippen LogP contribution < -0.4 is 0 Å². The number of rotatable bonds is 10. The van der Waals surface area contributed by atoms with Crippen molar-refractivity contribution in [1.82, 2.24) is 0 Å². The van der Waals surface area contributed by atoms with Crippen molar-refractivity contribution >= 4 is 11.9 Å². The molecule has 0 spiro atoms. The Balaban J connectivity index is 0. The van der Waals surface area contributed by atoms with E-state index < -0.39 is 0 Å². The van der Waals surface area contributed by atoms with E-state index in [1.165, 1.54) is 12.8 Å². The largest absolute Gasteiger partial charge is 0.462 e. The Bertz CT molecular complexity index is 370. The molecule has 0 bridgehead atoms. The van der Waals surface area contributed by atoms with Gasteiger partial charge in [-0.1, -0.05) is 60.1 Å². The second-order valence-corrected chi connectivity index (χ2v) is 5.93. The zero-order valence-electron chi connectivity index (χ0n) is 15.6. The van der Waals surface area contributed by atoms with E-state index in [4.69, 9.17) is 9.47 Å². The van der Waals surface area contributed by atoms with E-state index in [-0.39, 0.29) is 11.9 Å². The lowest BCUT2D eigenvalue weighted by Crippen LogP contribution is -2.09. The van der Waals surface area contributed by atoms with Gasteiger partial charge in [0.25, 0.3) is 0 Å². The van der Waals surface area contributed by atoms with Crippen molar-refractivity contribution in [2.45, 2.75) is 66.7 Å². The first-order valence-corrected chi connectivity index (χ1v) is 8.43. The molecule has 0 aromatic heterocycles. The summed E-state index contributed by atoms with van der Waals surface area (Å²) in [7, 11) is 0. The first kappa shape index (κ1) is 23.7. The molecule has 0 heterocycles. The minimum Gasteiger partial charge on any atom is -0.462 e. The van der Waals surface area contributed by atoms with E-state index in [1.54, 1.807) is 6.92 Å².